The van der Waals surface area contributed by atoms with Crippen molar-refractivity contribution in [2.24, 2.45) is 11.8 Å². The molecule has 1 fully saturated rings. The van der Waals surface area contributed by atoms with Crippen molar-refractivity contribution in [1.82, 2.24) is 0 Å². The molecule has 0 aliphatic heterocycles. The molecular weight excluding hydrogens is 180 g/mol. The highest BCUT2D eigenvalue weighted by Crippen LogP contribution is 2.31. The zero-order valence-corrected chi connectivity index (χ0v) is 9.78. The molecule has 15 heavy (non-hydrogen) atoms. The third-order valence-corrected chi connectivity index (χ3v) is 3.86. The van der Waals surface area contributed by atoms with E-state index in [0.29, 0.717) is 0 Å². The van der Waals surface area contributed by atoms with Crippen LogP contribution in [0.25, 0.3) is 0 Å². The second kappa shape index (κ2) is 5.34. The summed E-state index contributed by atoms with van der Waals surface area (Å²) in [5.41, 5.74) is 1.51. The molecule has 0 aromatic heterocycles. The lowest BCUT2D eigenvalue weighted by molar-refractivity contribution is 0.262. The molecule has 0 radical (unpaired) electrons. The van der Waals surface area contributed by atoms with Crippen LogP contribution in [0, 0.1) is 11.8 Å². The van der Waals surface area contributed by atoms with Crippen LogP contribution in [-0.4, -0.2) is 0 Å². The maximum absolute atomic E-state index is 2.43. The Kier molecular flexibility index (Phi) is 3.82. The summed E-state index contributed by atoms with van der Waals surface area (Å²) in [7, 11) is 0. The van der Waals surface area contributed by atoms with Crippen LogP contribution in [0.2, 0.25) is 0 Å². The Bertz CT molecular complexity index is 269. The quantitative estimate of drug-likeness (QED) is 0.679. The Morgan fingerprint density at radius 1 is 1.07 bits per heavy atom. The van der Waals surface area contributed by atoms with E-state index in [1.165, 1.54) is 44.1 Å². The molecule has 0 heterocycles. The van der Waals surface area contributed by atoms with Gasteiger partial charge in [-0.1, -0.05) is 69.4 Å². The van der Waals surface area contributed by atoms with Crippen molar-refractivity contribution >= 4 is 0 Å². The van der Waals surface area contributed by atoms with Crippen molar-refractivity contribution in [1.29, 1.82) is 0 Å². The molecule has 1 unspecified atom stereocenters. The van der Waals surface area contributed by atoms with Gasteiger partial charge in [-0.2, -0.15) is 0 Å². The SMILES string of the molecule is CC(Cc1ccccc1)C1CCCCC1. The van der Waals surface area contributed by atoms with Crippen LogP contribution in [0.4, 0.5) is 0 Å². The molecule has 1 atom stereocenters. The number of hydrogen-bond acceptors (Lipinski definition) is 0. The molecule has 0 saturated heterocycles. The van der Waals surface area contributed by atoms with Crippen molar-refractivity contribution < 1.29 is 0 Å². The van der Waals surface area contributed by atoms with Crippen molar-refractivity contribution in [2.45, 2.75) is 45.4 Å². The van der Waals surface area contributed by atoms with Gasteiger partial charge >= 0.3 is 0 Å². The molecule has 1 aliphatic rings. The predicted octanol–water partition coefficient (Wildman–Crippen LogP) is 4.45. The Labute approximate surface area is 93.7 Å². The lowest BCUT2D eigenvalue weighted by Crippen LogP contribution is -2.17. The number of benzene rings is 1. The van der Waals surface area contributed by atoms with Gasteiger partial charge in [0.05, 0.1) is 0 Å². The third kappa shape index (κ3) is 3.09. The zero-order chi connectivity index (χ0) is 10.5. The molecule has 0 spiro atoms. The van der Waals surface area contributed by atoms with Crippen molar-refractivity contribution in [2.75, 3.05) is 0 Å². The Balaban J connectivity index is 1.88. The first-order valence-electron chi connectivity index (χ1n) is 6.40. The average molecular weight is 202 g/mol. The summed E-state index contributed by atoms with van der Waals surface area (Å²) in [5.74, 6) is 1.85. The van der Waals surface area contributed by atoms with E-state index < -0.39 is 0 Å². The van der Waals surface area contributed by atoms with E-state index in [1.54, 1.807) is 0 Å². The lowest BCUT2D eigenvalue weighted by Gasteiger charge is -2.27. The summed E-state index contributed by atoms with van der Waals surface area (Å²) in [5, 5.41) is 0. The van der Waals surface area contributed by atoms with Gasteiger partial charge in [-0.15, -0.1) is 0 Å². The fourth-order valence-corrected chi connectivity index (χ4v) is 2.86. The van der Waals surface area contributed by atoms with E-state index in [1.807, 2.05) is 0 Å². The van der Waals surface area contributed by atoms with Crippen LogP contribution >= 0.6 is 0 Å². The molecule has 1 aromatic carbocycles. The summed E-state index contributed by atoms with van der Waals surface area (Å²) in [6, 6.07) is 10.9. The lowest BCUT2D eigenvalue weighted by atomic mass is 9.78. The van der Waals surface area contributed by atoms with Gasteiger partial charge in [0.1, 0.15) is 0 Å². The summed E-state index contributed by atoms with van der Waals surface area (Å²) < 4.78 is 0. The largest absolute Gasteiger partial charge is 0.0622 e. The van der Waals surface area contributed by atoms with Crippen LogP contribution in [-0.2, 0) is 6.42 Å². The second-order valence-electron chi connectivity index (χ2n) is 5.07. The maximum Gasteiger partial charge on any atom is -0.0250 e. The van der Waals surface area contributed by atoms with E-state index in [4.69, 9.17) is 0 Å². The Morgan fingerprint density at radius 2 is 1.73 bits per heavy atom. The van der Waals surface area contributed by atoms with Crippen LogP contribution < -0.4 is 0 Å². The minimum atomic E-state index is 0.868. The first kappa shape index (κ1) is 10.7. The van der Waals surface area contributed by atoms with Gasteiger partial charge in [0.25, 0.3) is 0 Å². The summed E-state index contributed by atoms with van der Waals surface area (Å²) in [4.78, 5) is 0. The summed E-state index contributed by atoms with van der Waals surface area (Å²) in [6.07, 6.45) is 8.59. The van der Waals surface area contributed by atoms with Gasteiger partial charge in [-0.05, 0) is 23.8 Å². The van der Waals surface area contributed by atoms with E-state index in [0.717, 1.165) is 11.8 Å². The zero-order valence-electron chi connectivity index (χ0n) is 9.78. The minimum Gasteiger partial charge on any atom is -0.0622 e. The van der Waals surface area contributed by atoms with Gasteiger partial charge in [0.15, 0.2) is 0 Å². The molecule has 2 rings (SSSR count). The Hall–Kier alpha value is -0.780. The molecule has 0 N–H and O–H groups in total. The third-order valence-electron chi connectivity index (χ3n) is 3.86. The van der Waals surface area contributed by atoms with Crippen molar-refractivity contribution in [3.63, 3.8) is 0 Å². The topological polar surface area (TPSA) is 0 Å². The van der Waals surface area contributed by atoms with Gasteiger partial charge in [-0.3, -0.25) is 0 Å². The second-order valence-corrected chi connectivity index (χ2v) is 5.07. The fourth-order valence-electron chi connectivity index (χ4n) is 2.86. The average Bonchev–Trinajstić information content (AvgIpc) is 2.31. The Morgan fingerprint density at radius 3 is 2.40 bits per heavy atom. The smallest absolute Gasteiger partial charge is 0.0250 e. The molecule has 0 nitrogen and oxygen atoms in total. The highest BCUT2D eigenvalue weighted by Gasteiger charge is 2.19. The molecule has 82 valence electrons. The molecule has 0 amide bonds. The monoisotopic (exact) mass is 202 g/mol. The molecule has 1 aromatic rings. The van der Waals surface area contributed by atoms with Crippen LogP contribution in [0.3, 0.4) is 0 Å². The normalized spacial score (nSPS) is 20.1. The van der Waals surface area contributed by atoms with Crippen molar-refractivity contribution in [3.8, 4) is 0 Å². The van der Waals surface area contributed by atoms with Crippen LogP contribution in [0.5, 0.6) is 0 Å². The standard InChI is InChI=1S/C15H22/c1-13(15-10-6-3-7-11-15)12-14-8-4-2-5-9-14/h2,4-5,8-9,13,15H,3,6-7,10-12H2,1H3. The van der Waals surface area contributed by atoms with E-state index in [-0.39, 0.29) is 0 Å². The van der Waals surface area contributed by atoms with Crippen molar-refractivity contribution in [3.05, 3.63) is 35.9 Å². The highest BCUT2D eigenvalue weighted by atomic mass is 14.2. The highest BCUT2D eigenvalue weighted by molar-refractivity contribution is 5.15. The van der Waals surface area contributed by atoms with Gasteiger partial charge in [0, 0.05) is 0 Å². The molecule has 0 bridgehead atoms. The first-order chi connectivity index (χ1) is 7.36. The van der Waals surface area contributed by atoms with E-state index in [9.17, 15) is 0 Å². The number of rotatable bonds is 3. The summed E-state index contributed by atoms with van der Waals surface area (Å²) >= 11 is 0. The maximum atomic E-state index is 2.43. The number of hydrogen-bond donors (Lipinski definition) is 0. The predicted molar refractivity (Wildman–Crippen MR) is 65.9 cm³/mol. The van der Waals surface area contributed by atoms with Gasteiger partial charge < -0.3 is 0 Å². The van der Waals surface area contributed by atoms with Crippen LogP contribution in [0.15, 0.2) is 30.3 Å². The van der Waals surface area contributed by atoms with Gasteiger partial charge in [-0.25, -0.2) is 0 Å². The summed E-state index contributed by atoms with van der Waals surface area (Å²) in [6.45, 7) is 2.43. The van der Waals surface area contributed by atoms with E-state index in [2.05, 4.69) is 37.3 Å². The molecule has 1 saturated carbocycles. The molecule has 0 heteroatoms. The van der Waals surface area contributed by atoms with Gasteiger partial charge in [0.2, 0.25) is 0 Å². The van der Waals surface area contributed by atoms with E-state index >= 15 is 0 Å². The fraction of sp³-hybridized carbons (Fsp3) is 0.600. The first-order valence-corrected chi connectivity index (χ1v) is 6.40. The van der Waals surface area contributed by atoms with Crippen LogP contribution in [0.1, 0.15) is 44.6 Å². The molecular formula is C15H22. The minimum absolute atomic E-state index is 0.868. The molecule has 1 aliphatic carbocycles.